The van der Waals surface area contributed by atoms with Crippen LogP contribution in [0.1, 0.15) is 30.9 Å². The SMILES string of the molecule is COC1CC(NCCC(N)c2ccccc2)C1. The molecule has 0 aromatic heterocycles. The third-order valence-corrected chi connectivity index (χ3v) is 3.54. The van der Waals surface area contributed by atoms with Gasteiger partial charge in [0.05, 0.1) is 6.10 Å². The molecule has 0 saturated heterocycles. The molecule has 1 unspecified atom stereocenters. The van der Waals surface area contributed by atoms with Gasteiger partial charge in [0.25, 0.3) is 0 Å². The number of ether oxygens (including phenoxy) is 1. The van der Waals surface area contributed by atoms with Gasteiger partial charge in [-0.05, 0) is 31.4 Å². The van der Waals surface area contributed by atoms with E-state index in [0.717, 1.165) is 25.8 Å². The largest absolute Gasteiger partial charge is 0.381 e. The lowest BCUT2D eigenvalue weighted by Crippen LogP contribution is -2.45. The van der Waals surface area contributed by atoms with Crippen LogP contribution in [-0.2, 0) is 4.74 Å². The van der Waals surface area contributed by atoms with E-state index in [9.17, 15) is 0 Å². The van der Waals surface area contributed by atoms with Crippen molar-refractivity contribution < 1.29 is 4.74 Å². The van der Waals surface area contributed by atoms with Crippen LogP contribution in [0.25, 0.3) is 0 Å². The standard InChI is InChI=1S/C14H22N2O/c1-17-13-9-12(10-13)16-8-7-14(15)11-5-3-2-4-6-11/h2-6,12-14,16H,7-10,15H2,1H3. The van der Waals surface area contributed by atoms with E-state index in [-0.39, 0.29) is 6.04 Å². The Kier molecular flexibility index (Phi) is 4.54. The lowest BCUT2D eigenvalue weighted by atomic mass is 9.89. The quantitative estimate of drug-likeness (QED) is 0.789. The average Bonchev–Trinajstić information content (AvgIpc) is 2.33. The summed E-state index contributed by atoms with van der Waals surface area (Å²) in [5.41, 5.74) is 7.35. The van der Waals surface area contributed by atoms with Gasteiger partial charge in [-0.3, -0.25) is 0 Å². The van der Waals surface area contributed by atoms with Crippen LogP contribution in [-0.4, -0.2) is 25.8 Å². The van der Waals surface area contributed by atoms with Crippen LogP contribution in [0.2, 0.25) is 0 Å². The maximum Gasteiger partial charge on any atom is 0.0601 e. The maximum atomic E-state index is 6.13. The number of hydrogen-bond acceptors (Lipinski definition) is 3. The van der Waals surface area contributed by atoms with Crippen LogP contribution in [0.15, 0.2) is 30.3 Å². The van der Waals surface area contributed by atoms with Crippen LogP contribution < -0.4 is 11.1 Å². The second-order valence-electron chi connectivity index (χ2n) is 4.79. The predicted octanol–water partition coefficient (Wildman–Crippen LogP) is 1.84. The summed E-state index contributed by atoms with van der Waals surface area (Å²) >= 11 is 0. The van der Waals surface area contributed by atoms with E-state index in [4.69, 9.17) is 10.5 Å². The van der Waals surface area contributed by atoms with Gasteiger partial charge in [0, 0.05) is 19.2 Å². The highest BCUT2D eigenvalue weighted by molar-refractivity contribution is 5.18. The first kappa shape index (κ1) is 12.6. The molecular formula is C14H22N2O. The fourth-order valence-corrected chi connectivity index (χ4v) is 2.23. The monoisotopic (exact) mass is 234 g/mol. The molecule has 3 heteroatoms. The third kappa shape index (κ3) is 3.53. The molecule has 0 aliphatic heterocycles. The van der Waals surface area contributed by atoms with Gasteiger partial charge < -0.3 is 15.8 Å². The Morgan fingerprint density at radius 3 is 2.71 bits per heavy atom. The van der Waals surface area contributed by atoms with Crippen molar-refractivity contribution in [2.75, 3.05) is 13.7 Å². The van der Waals surface area contributed by atoms with Crippen molar-refractivity contribution >= 4 is 0 Å². The van der Waals surface area contributed by atoms with Crippen molar-refractivity contribution in [3.63, 3.8) is 0 Å². The highest BCUT2D eigenvalue weighted by atomic mass is 16.5. The van der Waals surface area contributed by atoms with E-state index in [1.54, 1.807) is 7.11 Å². The number of rotatable bonds is 6. The zero-order valence-electron chi connectivity index (χ0n) is 10.4. The van der Waals surface area contributed by atoms with E-state index < -0.39 is 0 Å². The first-order chi connectivity index (χ1) is 8.29. The lowest BCUT2D eigenvalue weighted by molar-refractivity contribution is 0.0174. The molecule has 1 aliphatic carbocycles. The van der Waals surface area contributed by atoms with Crippen molar-refractivity contribution in [3.05, 3.63) is 35.9 Å². The fourth-order valence-electron chi connectivity index (χ4n) is 2.23. The summed E-state index contributed by atoms with van der Waals surface area (Å²) in [4.78, 5) is 0. The van der Waals surface area contributed by atoms with Crippen molar-refractivity contribution in [2.24, 2.45) is 5.73 Å². The van der Waals surface area contributed by atoms with E-state index in [0.29, 0.717) is 12.1 Å². The highest BCUT2D eigenvalue weighted by Gasteiger charge is 2.28. The van der Waals surface area contributed by atoms with E-state index >= 15 is 0 Å². The van der Waals surface area contributed by atoms with E-state index in [2.05, 4.69) is 17.4 Å². The zero-order chi connectivity index (χ0) is 12.1. The van der Waals surface area contributed by atoms with Gasteiger partial charge in [0.15, 0.2) is 0 Å². The summed E-state index contributed by atoms with van der Waals surface area (Å²) < 4.78 is 5.25. The number of methoxy groups -OCH3 is 1. The average molecular weight is 234 g/mol. The predicted molar refractivity (Wildman–Crippen MR) is 69.8 cm³/mol. The van der Waals surface area contributed by atoms with Gasteiger partial charge in [0.2, 0.25) is 0 Å². The molecule has 2 rings (SSSR count). The van der Waals surface area contributed by atoms with E-state index in [1.165, 1.54) is 5.56 Å². The Morgan fingerprint density at radius 1 is 1.35 bits per heavy atom. The van der Waals surface area contributed by atoms with Crippen molar-refractivity contribution in [1.29, 1.82) is 0 Å². The summed E-state index contributed by atoms with van der Waals surface area (Å²) in [5, 5.41) is 3.52. The highest BCUT2D eigenvalue weighted by Crippen LogP contribution is 2.22. The van der Waals surface area contributed by atoms with Gasteiger partial charge in [-0.15, -0.1) is 0 Å². The molecule has 3 nitrogen and oxygen atoms in total. The Hall–Kier alpha value is -0.900. The maximum absolute atomic E-state index is 6.13. The molecule has 1 aliphatic rings. The molecule has 0 radical (unpaired) electrons. The number of hydrogen-bond donors (Lipinski definition) is 2. The first-order valence-electron chi connectivity index (χ1n) is 6.36. The Bertz CT molecular complexity index is 322. The smallest absolute Gasteiger partial charge is 0.0601 e. The normalized spacial score (nSPS) is 25.3. The molecule has 17 heavy (non-hydrogen) atoms. The van der Waals surface area contributed by atoms with Crippen LogP contribution in [0.4, 0.5) is 0 Å². The number of benzene rings is 1. The molecule has 3 N–H and O–H groups in total. The lowest BCUT2D eigenvalue weighted by Gasteiger charge is -2.35. The molecule has 1 fully saturated rings. The molecular weight excluding hydrogens is 212 g/mol. The Balaban J connectivity index is 1.63. The second-order valence-corrected chi connectivity index (χ2v) is 4.79. The number of nitrogens with two attached hydrogens (primary N) is 1. The van der Waals surface area contributed by atoms with E-state index in [1.807, 2.05) is 18.2 Å². The summed E-state index contributed by atoms with van der Waals surface area (Å²) in [6.45, 7) is 0.983. The van der Waals surface area contributed by atoms with Crippen molar-refractivity contribution in [1.82, 2.24) is 5.32 Å². The first-order valence-corrected chi connectivity index (χ1v) is 6.36. The van der Waals surface area contributed by atoms with Gasteiger partial charge >= 0.3 is 0 Å². The van der Waals surface area contributed by atoms with Gasteiger partial charge in [-0.2, -0.15) is 0 Å². The summed E-state index contributed by atoms with van der Waals surface area (Å²) in [5.74, 6) is 0. The van der Waals surface area contributed by atoms with Crippen LogP contribution in [0, 0.1) is 0 Å². The molecule has 1 aromatic carbocycles. The topological polar surface area (TPSA) is 47.3 Å². The van der Waals surface area contributed by atoms with Crippen LogP contribution in [0.3, 0.4) is 0 Å². The molecule has 0 bridgehead atoms. The molecule has 1 aromatic rings. The van der Waals surface area contributed by atoms with Crippen LogP contribution >= 0.6 is 0 Å². The van der Waals surface area contributed by atoms with Gasteiger partial charge in [-0.25, -0.2) is 0 Å². The minimum absolute atomic E-state index is 0.141. The Labute approximate surface area is 103 Å². The second kappa shape index (κ2) is 6.15. The minimum atomic E-state index is 0.141. The summed E-state index contributed by atoms with van der Waals surface area (Å²) in [6.07, 6.45) is 3.72. The van der Waals surface area contributed by atoms with Crippen LogP contribution in [0.5, 0.6) is 0 Å². The Morgan fingerprint density at radius 2 is 2.06 bits per heavy atom. The van der Waals surface area contributed by atoms with Crippen molar-refractivity contribution in [2.45, 2.75) is 37.5 Å². The molecule has 0 spiro atoms. The van der Waals surface area contributed by atoms with Crippen molar-refractivity contribution in [3.8, 4) is 0 Å². The molecule has 1 saturated carbocycles. The number of nitrogens with one attached hydrogen (secondary N) is 1. The molecule has 94 valence electrons. The molecule has 0 amide bonds. The third-order valence-electron chi connectivity index (χ3n) is 3.54. The fraction of sp³-hybridized carbons (Fsp3) is 0.571. The summed E-state index contributed by atoms with van der Waals surface area (Å²) in [7, 11) is 1.78. The molecule has 0 heterocycles. The van der Waals surface area contributed by atoms with Gasteiger partial charge in [0.1, 0.15) is 0 Å². The summed E-state index contributed by atoms with van der Waals surface area (Å²) in [6, 6.07) is 11.1. The van der Waals surface area contributed by atoms with Gasteiger partial charge in [-0.1, -0.05) is 30.3 Å². The molecule has 1 atom stereocenters. The minimum Gasteiger partial charge on any atom is -0.381 e. The zero-order valence-corrected chi connectivity index (χ0v) is 10.4.